The molecule has 5 nitrogen and oxygen atoms in total. The second-order valence-corrected chi connectivity index (χ2v) is 10.1. The first-order chi connectivity index (χ1) is 13.6. The lowest BCUT2D eigenvalue weighted by Crippen LogP contribution is -2.47. The Morgan fingerprint density at radius 2 is 1.66 bits per heavy atom. The van der Waals surface area contributed by atoms with E-state index in [1.54, 1.807) is 36.0 Å². The standard InChI is InChI=1S/C22H30N2O3S2/c1-15-7-10-19(11-8-15)29(26,27)24-21(12-13-28-5)22(25)23-18(4)20-14-16(2)6-9-17(20)3/h6-11,14,18,21,24H,12-13H2,1-5H3,(H,23,25). The number of hydrogen-bond donors (Lipinski definition) is 2. The lowest BCUT2D eigenvalue weighted by atomic mass is 9.99. The molecule has 29 heavy (non-hydrogen) atoms. The summed E-state index contributed by atoms with van der Waals surface area (Å²) in [6.45, 7) is 7.82. The largest absolute Gasteiger partial charge is 0.348 e. The zero-order chi connectivity index (χ0) is 21.6. The summed E-state index contributed by atoms with van der Waals surface area (Å²) in [6, 6.07) is 11.7. The van der Waals surface area contributed by atoms with Gasteiger partial charge in [-0.25, -0.2) is 8.42 Å². The molecule has 2 aromatic rings. The summed E-state index contributed by atoms with van der Waals surface area (Å²) < 4.78 is 28.1. The van der Waals surface area contributed by atoms with Gasteiger partial charge in [0.1, 0.15) is 6.04 Å². The van der Waals surface area contributed by atoms with Gasteiger partial charge in [0.25, 0.3) is 0 Å². The van der Waals surface area contributed by atoms with Gasteiger partial charge in [-0.05, 0) is 69.4 Å². The SMILES string of the molecule is CSCCC(NS(=O)(=O)c1ccc(C)cc1)C(=O)NC(C)c1cc(C)ccc1C. The van der Waals surface area contributed by atoms with Gasteiger partial charge in [0.05, 0.1) is 10.9 Å². The van der Waals surface area contributed by atoms with Crippen molar-refractivity contribution in [2.45, 2.75) is 51.1 Å². The van der Waals surface area contributed by atoms with Crippen LogP contribution in [0.15, 0.2) is 47.4 Å². The first-order valence-electron chi connectivity index (χ1n) is 9.59. The van der Waals surface area contributed by atoms with Crippen LogP contribution in [0.25, 0.3) is 0 Å². The second kappa shape index (κ2) is 10.3. The van der Waals surface area contributed by atoms with Crippen molar-refractivity contribution in [2.24, 2.45) is 0 Å². The maximum Gasteiger partial charge on any atom is 0.241 e. The van der Waals surface area contributed by atoms with Gasteiger partial charge in [-0.15, -0.1) is 0 Å². The normalized spacial score (nSPS) is 13.7. The Bertz CT molecular complexity index is 941. The number of sulfonamides is 1. The minimum absolute atomic E-state index is 0.160. The summed E-state index contributed by atoms with van der Waals surface area (Å²) >= 11 is 1.58. The first kappa shape index (κ1) is 23.4. The molecule has 2 atom stereocenters. The van der Waals surface area contributed by atoms with Crippen LogP contribution >= 0.6 is 11.8 Å². The molecule has 0 saturated heterocycles. The second-order valence-electron chi connectivity index (χ2n) is 7.36. The highest BCUT2D eigenvalue weighted by atomic mass is 32.2. The van der Waals surface area contributed by atoms with E-state index in [1.165, 1.54) is 0 Å². The number of aryl methyl sites for hydroxylation is 3. The van der Waals surface area contributed by atoms with E-state index in [9.17, 15) is 13.2 Å². The summed E-state index contributed by atoms with van der Waals surface area (Å²) in [5.74, 6) is 0.356. The molecular formula is C22H30N2O3S2. The average Bonchev–Trinajstić information content (AvgIpc) is 2.67. The molecule has 0 fully saturated rings. The quantitative estimate of drug-likeness (QED) is 0.628. The molecule has 0 saturated carbocycles. The fourth-order valence-corrected chi connectivity index (χ4v) is 4.77. The summed E-state index contributed by atoms with van der Waals surface area (Å²) in [5, 5.41) is 2.98. The summed E-state index contributed by atoms with van der Waals surface area (Å²) in [6.07, 6.45) is 2.35. The van der Waals surface area contributed by atoms with E-state index < -0.39 is 16.1 Å². The molecule has 2 unspecified atom stereocenters. The lowest BCUT2D eigenvalue weighted by Gasteiger charge is -2.22. The van der Waals surface area contributed by atoms with Crippen LogP contribution in [0.4, 0.5) is 0 Å². The number of nitrogens with one attached hydrogen (secondary N) is 2. The fourth-order valence-electron chi connectivity index (χ4n) is 3.07. The van der Waals surface area contributed by atoms with Gasteiger partial charge in [-0.1, -0.05) is 41.5 Å². The third kappa shape index (κ3) is 6.59. The Balaban J connectivity index is 2.19. The van der Waals surface area contributed by atoms with Crippen LogP contribution in [0.1, 0.15) is 41.6 Å². The molecule has 0 aliphatic heterocycles. The van der Waals surface area contributed by atoms with Crippen LogP contribution in [0.3, 0.4) is 0 Å². The fraction of sp³-hybridized carbons (Fsp3) is 0.409. The molecule has 0 bridgehead atoms. The van der Waals surface area contributed by atoms with Gasteiger partial charge in [0.15, 0.2) is 0 Å². The topological polar surface area (TPSA) is 75.3 Å². The third-order valence-corrected chi connectivity index (χ3v) is 6.95. The van der Waals surface area contributed by atoms with Crippen molar-refractivity contribution >= 4 is 27.7 Å². The predicted octanol–water partition coefficient (Wildman–Crippen LogP) is 3.89. The highest BCUT2D eigenvalue weighted by Gasteiger charge is 2.26. The maximum absolute atomic E-state index is 12.9. The molecular weight excluding hydrogens is 404 g/mol. The van der Waals surface area contributed by atoms with Crippen molar-refractivity contribution in [1.29, 1.82) is 0 Å². The van der Waals surface area contributed by atoms with E-state index in [4.69, 9.17) is 0 Å². The molecule has 2 aromatic carbocycles. The van der Waals surface area contributed by atoms with Crippen molar-refractivity contribution < 1.29 is 13.2 Å². The van der Waals surface area contributed by atoms with Crippen LogP contribution < -0.4 is 10.0 Å². The van der Waals surface area contributed by atoms with Crippen molar-refractivity contribution in [3.8, 4) is 0 Å². The minimum atomic E-state index is -3.79. The van der Waals surface area contributed by atoms with E-state index in [-0.39, 0.29) is 16.8 Å². The first-order valence-corrected chi connectivity index (χ1v) is 12.5. The number of thioether (sulfide) groups is 1. The summed E-state index contributed by atoms with van der Waals surface area (Å²) in [5.41, 5.74) is 4.21. The molecule has 158 valence electrons. The predicted molar refractivity (Wildman–Crippen MR) is 121 cm³/mol. The van der Waals surface area contributed by atoms with Crippen molar-refractivity contribution in [2.75, 3.05) is 12.0 Å². The highest BCUT2D eigenvalue weighted by Crippen LogP contribution is 2.19. The van der Waals surface area contributed by atoms with Gasteiger partial charge in [-0.3, -0.25) is 4.79 Å². The van der Waals surface area contributed by atoms with E-state index in [0.717, 1.165) is 22.3 Å². The van der Waals surface area contributed by atoms with E-state index in [2.05, 4.69) is 10.0 Å². The van der Waals surface area contributed by atoms with Gasteiger partial charge >= 0.3 is 0 Å². The minimum Gasteiger partial charge on any atom is -0.348 e. The summed E-state index contributed by atoms with van der Waals surface area (Å²) in [7, 11) is -3.79. The molecule has 0 aliphatic rings. The highest BCUT2D eigenvalue weighted by molar-refractivity contribution is 7.98. The van der Waals surface area contributed by atoms with Crippen LogP contribution in [-0.2, 0) is 14.8 Å². The number of carbonyl (C=O) groups is 1. The smallest absolute Gasteiger partial charge is 0.241 e. The van der Waals surface area contributed by atoms with Gasteiger partial charge < -0.3 is 5.32 Å². The van der Waals surface area contributed by atoms with Crippen LogP contribution in [0.2, 0.25) is 0 Å². The summed E-state index contributed by atoms with van der Waals surface area (Å²) in [4.78, 5) is 13.1. The Morgan fingerprint density at radius 1 is 1.03 bits per heavy atom. The third-order valence-electron chi connectivity index (χ3n) is 4.82. The number of hydrogen-bond acceptors (Lipinski definition) is 4. The van der Waals surface area contributed by atoms with Crippen molar-refractivity contribution in [1.82, 2.24) is 10.0 Å². The monoisotopic (exact) mass is 434 g/mol. The Kier molecular flexibility index (Phi) is 8.31. The molecule has 2 N–H and O–H groups in total. The van der Waals surface area contributed by atoms with Gasteiger partial charge in [-0.2, -0.15) is 16.5 Å². The zero-order valence-corrected chi connectivity index (χ0v) is 19.3. The molecule has 0 aliphatic carbocycles. The molecule has 1 amide bonds. The average molecular weight is 435 g/mol. The molecule has 0 spiro atoms. The van der Waals surface area contributed by atoms with E-state index in [1.807, 2.05) is 52.1 Å². The maximum atomic E-state index is 12.9. The van der Waals surface area contributed by atoms with Crippen LogP contribution in [-0.4, -0.2) is 32.4 Å². The Hall–Kier alpha value is -1.83. The molecule has 0 aromatic heterocycles. The van der Waals surface area contributed by atoms with Crippen LogP contribution in [0.5, 0.6) is 0 Å². The molecule has 0 heterocycles. The number of rotatable bonds is 9. The van der Waals surface area contributed by atoms with Crippen LogP contribution in [0, 0.1) is 20.8 Å². The zero-order valence-electron chi connectivity index (χ0n) is 17.7. The van der Waals surface area contributed by atoms with Gasteiger partial charge in [0, 0.05) is 0 Å². The van der Waals surface area contributed by atoms with E-state index in [0.29, 0.717) is 12.2 Å². The molecule has 0 radical (unpaired) electrons. The number of carbonyl (C=O) groups excluding carboxylic acids is 1. The Morgan fingerprint density at radius 3 is 2.28 bits per heavy atom. The number of amides is 1. The lowest BCUT2D eigenvalue weighted by molar-refractivity contribution is -0.123. The van der Waals surface area contributed by atoms with Gasteiger partial charge in [0.2, 0.25) is 15.9 Å². The van der Waals surface area contributed by atoms with Crippen molar-refractivity contribution in [3.63, 3.8) is 0 Å². The molecule has 7 heteroatoms. The van der Waals surface area contributed by atoms with E-state index >= 15 is 0 Å². The molecule has 2 rings (SSSR count). The Labute approximate surface area is 178 Å². The van der Waals surface area contributed by atoms with Crippen molar-refractivity contribution in [3.05, 3.63) is 64.7 Å². The number of benzene rings is 2.